The third-order valence-electron chi connectivity index (χ3n) is 5.74. The first-order valence-corrected chi connectivity index (χ1v) is 11.1. The van der Waals surface area contributed by atoms with Crippen molar-refractivity contribution in [2.75, 3.05) is 26.2 Å². The van der Waals surface area contributed by atoms with E-state index < -0.39 is 29.9 Å². The summed E-state index contributed by atoms with van der Waals surface area (Å²) in [7, 11) is 0. The number of hydroxylamine groups is 1. The maximum absolute atomic E-state index is 13.1. The minimum absolute atomic E-state index is 0.0635. The molecule has 10 heteroatoms. The van der Waals surface area contributed by atoms with Crippen LogP contribution >= 0.6 is 0 Å². The molecule has 0 saturated carbocycles. The van der Waals surface area contributed by atoms with E-state index >= 15 is 0 Å². The molecule has 2 aromatic rings. The first kappa shape index (κ1) is 26.2. The monoisotopic (exact) mass is 486 g/mol. The molecular formula is C25H28F2N4O4. The zero-order chi connectivity index (χ0) is 25.4. The van der Waals surface area contributed by atoms with Crippen molar-refractivity contribution in [2.24, 2.45) is 0 Å². The van der Waals surface area contributed by atoms with Gasteiger partial charge in [-0.15, -0.1) is 0 Å². The molecule has 8 nitrogen and oxygen atoms in total. The van der Waals surface area contributed by atoms with Crippen molar-refractivity contribution in [3.8, 4) is 11.8 Å². The second-order valence-corrected chi connectivity index (χ2v) is 8.46. The van der Waals surface area contributed by atoms with Gasteiger partial charge in [-0.1, -0.05) is 24.0 Å². The van der Waals surface area contributed by atoms with Crippen molar-refractivity contribution in [3.63, 3.8) is 0 Å². The van der Waals surface area contributed by atoms with E-state index in [1.54, 1.807) is 12.1 Å². The van der Waals surface area contributed by atoms with Crippen molar-refractivity contribution in [1.29, 1.82) is 0 Å². The Kier molecular flexibility index (Phi) is 8.89. The number of carbonyl (C=O) groups is 2. The van der Waals surface area contributed by atoms with Gasteiger partial charge in [0, 0.05) is 49.4 Å². The Labute approximate surface area is 202 Å². The molecule has 0 radical (unpaired) electrons. The molecule has 3 rings (SSSR count). The van der Waals surface area contributed by atoms with Crippen LogP contribution in [0.1, 0.15) is 34.0 Å². The fourth-order valence-corrected chi connectivity index (χ4v) is 3.55. The predicted octanol–water partition coefficient (Wildman–Crippen LogP) is 1.11. The molecule has 0 aliphatic carbocycles. The SMILES string of the molecule is CC(O)(C(F)F)C(NC(=O)c1ccc(C#Cc2ccc(CN3CCNCC3)cc2)cc1)C(=O)NO. The Morgan fingerprint density at radius 1 is 1.06 bits per heavy atom. The van der Waals surface area contributed by atoms with Crippen molar-refractivity contribution >= 4 is 11.8 Å². The average molecular weight is 487 g/mol. The van der Waals surface area contributed by atoms with Gasteiger partial charge in [0.25, 0.3) is 18.2 Å². The number of hydrogen-bond acceptors (Lipinski definition) is 6. The van der Waals surface area contributed by atoms with Crippen LogP contribution in [0.4, 0.5) is 8.78 Å². The molecule has 2 amide bonds. The van der Waals surface area contributed by atoms with Gasteiger partial charge in [0.1, 0.15) is 6.04 Å². The highest BCUT2D eigenvalue weighted by Gasteiger charge is 2.46. The van der Waals surface area contributed by atoms with Crippen LogP contribution in [-0.2, 0) is 11.3 Å². The molecule has 1 aliphatic heterocycles. The highest BCUT2D eigenvalue weighted by molar-refractivity contribution is 5.97. The lowest BCUT2D eigenvalue weighted by Gasteiger charge is -2.30. The van der Waals surface area contributed by atoms with Crippen molar-refractivity contribution in [1.82, 2.24) is 21.0 Å². The summed E-state index contributed by atoms with van der Waals surface area (Å²) in [5.41, 5.74) is 1.02. The maximum Gasteiger partial charge on any atom is 0.269 e. The van der Waals surface area contributed by atoms with E-state index in [-0.39, 0.29) is 5.56 Å². The fraction of sp³-hybridized carbons (Fsp3) is 0.360. The predicted molar refractivity (Wildman–Crippen MR) is 125 cm³/mol. The summed E-state index contributed by atoms with van der Waals surface area (Å²) in [6.07, 6.45) is -3.35. The quantitative estimate of drug-likeness (QED) is 0.228. The maximum atomic E-state index is 13.1. The van der Waals surface area contributed by atoms with Gasteiger partial charge in [0.05, 0.1) is 0 Å². The van der Waals surface area contributed by atoms with Gasteiger partial charge >= 0.3 is 0 Å². The van der Waals surface area contributed by atoms with Crippen LogP contribution in [-0.4, -0.2) is 71.3 Å². The summed E-state index contributed by atoms with van der Waals surface area (Å²) in [4.78, 5) is 26.6. The summed E-state index contributed by atoms with van der Waals surface area (Å²) in [6.45, 7) is 5.63. The lowest BCUT2D eigenvalue weighted by atomic mass is 9.95. The Bertz CT molecular complexity index is 1070. The smallest absolute Gasteiger partial charge is 0.269 e. The van der Waals surface area contributed by atoms with E-state index in [2.05, 4.69) is 22.1 Å². The zero-order valence-electron chi connectivity index (χ0n) is 19.2. The van der Waals surface area contributed by atoms with Crippen molar-refractivity contribution in [2.45, 2.75) is 31.5 Å². The minimum atomic E-state index is -3.35. The Hall–Kier alpha value is -3.36. The molecule has 1 saturated heterocycles. The Morgan fingerprint density at radius 3 is 2.11 bits per heavy atom. The number of hydrogen-bond donors (Lipinski definition) is 5. The first-order chi connectivity index (χ1) is 16.7. The molecule has 2 aromatic carbocycles. The summed E-state index contributed by atoms with van der Waals surface area (Å²) in [5, 5.41) is 24.1. The van der Waals surface area contributed by atoms with E-state index in [1.807, 2.05) is 29.6 Å². The Balaban J connectivity index is 1.62. The molecule has 0 bridgehead atoms. The van der Waals surface area contributed by atoms with Gasteiger partial charge in [0.2, 0.25) is 0 Å². The molecule has 2 unspecified atom stereocenters. The van der Waals surface area contributed by atoms with Crippen molar-refractivity contribution in [3.05, 3.63) is 70.8 Å². The molecule has 5 N–H and O–H groups in total. The molecule has 1 heterocycles. The lowest BCUT2D eigenvalue weighted by molar-refractivity contribution is -0.149. The molecule has 2 atom stereocenters. The number of nitrogens with one attached hydrogen (secondary N) is 3. The third-order valence-corrected chi connectivity index (χ3v) is 5.74. The number of halogens is 2. The molecule has 1 aliphatic rings. The molecule has 0 spiro atoms. The van der Waals surface area contributed by atoms with E-state index in [1.165, 1.54) is 23.2 Å². The number of carbonyl (C=O) groups excluding carboxylic acids is 2. The van der Waals surface area contributed by atoms with Crippen LogP contribution < -0.4 is 16.1 Å². The Morgan fingerprint density at radius 2 is 1.60 bits per heavy atom. The van der Waals surface area contributed by atoms with Gasteiger partial charge < -0.3 is 15.7 Å². The lowest BCUT2D eigenvalue weighted by Crippen LogP contribution is -2.61. The molecular weight excluding hydrogens is 458 g/mol. The van der Waals surface area contributed by atoms with Gasteiger partial charge in [-0.25, -0.2) is 14.3 Å². The highest BCUT2D eigenvalue weighted by Crippen LogP contribution is 2.20. The third kappa shape index (κ3) is 7.07. The zero-order valence-corrected chi connectivity index (χ0v) is 19.2. The number of benzene rings is 2. The van der Waals surface area contributed by atoms with Crippen molar-refractivity contribution < 1.29 is 28.7 Å². The molecule has 0 aromatic heterocycles. The number of alkyl halides is 2. The second kappa shape index (κ2) is 11.9. The molecule has 35 heavy (non-hydrogen) atoms. The number of rotatable bonds is 7. The van der Waals surface area contributed by atoms with Gasteiger partial charge in [-0.2, -0.15) is 0 Å². The molecule has 1 fully saturated rings. The molecule has 186 valence electrons. The summed E-state index contributed by atoms with van der Waals surface area (Å²) < 4.78 is 26.3. The highest BCUT2D eigenvalue weighted by atomic mass is 19.3. The van der Waals surface area contributed by atoms with E-state index in [0.717, 1.165) is 38.3 Å². The van der Waals surface area contributed by atoms with Crippen LogP contribution in [0.3, 0.4) is 0 Å². The number of amides is 2. The topological polar surface area (TPSA) is 114 Å². The first-order valence-electron chi connectivity index (χ1n) is 11.1. The number of piperazine rings is 1. The van der Waals surface area contributed by atoms with Gasteiger partial charge in [0.15, 0.2) is 5.60 Å². The average Bonchev–Trinajstić information content (AvgIpc) is 2.87. The van der Waals surface area contributed by atoms with Crippen LogP contribution in [0.25, 0.3) is 0 Å². The summed E-state index contributed by atoms with van der Waals surface area (Å²) in [6, 6.07) is 11.9. The van der Waals surface area contributed by atoms with E-state index in [9.17, 15) is 23.5 Å². The van der Waals surface area contributed by atoms with E-state index in [0.29, 0.717) is 12.5 Å². The van der Waals surface area contributed by atoms with Gasteiger partial charge in [-0.3, -0.25) is 19.7 Å². The van der Waals surface area contributed by atoms with Crippen LogP contribution in [0.2, 0.25) is 0 Å². The summed E-state index contributed by atoms with van der Waals surface area (Å²) in [5.74, 6) is 3.81. The van der Waals surface area contributed by atoms with Gasteiger partial charge in [-0.05, 0) is 48.9 Å². The standard InChI is InChI=1S/C25H28F2N4O4/c1-25(34,24(26)27)21(23(33)30-35)29-22(32)20-10-8-18(9-11-20)3-2-17-4-6-19(7-5-17)16-31-14-12-28-13-15-31/h4-11,21,24,28,34-35H,12-16H2,1H3,(H,29,32)(H,30,33). The normalized spacial score (nSPS) is 16.5. The van der Waals surface area contributed by atoms with Crippen LogP contribution in [0, 0.1) is 11.8 Å². The fourth-order valence-electron chi connectivity index (χ4n) is 3.55. The van der Waals surface area contributed by atoms with Crippen LogP contribution in [0.15, 0.2) is 48.5 Å². The second-order valence-electron chi connectivity index (χ2n) is 8.46. The minimum Gasteiger partial charge on any atom is -0.381 e. The largest absolute Gasteiger partial charge is 0.381 e. The number of aliphatic hydroxyl groups is 1. The number of nitrogens with zero attached hydrogens (tertiary/aromatic N) is 1. The summed E-state index contributed by atoms with van der Waals surface area (Å²) >= 11 is 0. The van der Waals surface area contributed by atoms with E-state index in [4.69, 9.17) is 5.21 Å². The van der Waals surface area contributed by atoms with Crippen LogP contribution in [0.5, 0.6) is 0 Å².